The standard InChI is InChI=1S/C25H20Cl2N2O2S/c1-31-22-5-3-2-4-18(22)14-21-15-28-25(32-21)29-24(30)23(16-6-10-19(26)11-7-16)17-8-12-20(27)13-9-17/h2-13,15,23H,14H2,1H3,(H,28,29,30). The first-order valence-electron chi connectivity index (χ1n) is 9.92. The number of methoxy groups -OCH3 is 1. The van der Waals surface area contributed by atoms with Crippen molar-refractivity contribution in [2.75, 3.05) is 12.4 Å². The molecular formula is C25H20Cl2N2O2S. The summed E-state index contributed by atoms with van der Waals surface area (Å²) in [5, 5.41) is 4.75. The van der Waals surface area contributed by atoms with E-state index in [9.17, 15) is 4.79 Å². The Kier molecular flexibility index (Phi) is 7.10. The Morgan fingerprint density at radius 3 is 2.16 bits per heavy atom. The van der Waals surface area contributed by atoms with Crippen molar-refractivity contribution < 1.29 is 9.53 Å². The zero-order chi connectivity index (χ0) is 22.5. The molecule has 1 amide bonds. The van der Waals surface area contributed by atoms with Gasteiger partial charge in [0.15, 0.2) is 5.13 Å². The molecule has 0 spiro atoms. The maximum Gasteiger partial charge on any atom is 0.238 e. The van der Waals surface area contributed by atoms with Crippen molar-refractivity contribution in [1.82, 2.24) is 4.98 Å². The molecule has 0 radical (unpaired) electrons. The lowest BCUT2D eigenvalue weighted by molar-refractivity contribution is -0.116. The van der Waals surface area contributed by atoms with Crippen LogP contribution in [0, 0.1) is 0 Å². The number of hydrogen-bond donors (Lipinski definition) is 1. The Bertz CT molecular complexity index is 1160. The van der Waals surface area contributed by atoms with Gasteiger partial charge in [-0.15, -0.1) is 11.3 Å². The van der Waals surface area contributed by atoms with Gasteiger partial charge in [0, 0.05) is 27.5 Å². The molecule has 0 unspecified atom stereocenters. The highest BCUT2D eigenvalue weighted by molar-refractivity contribution is 7.15. The van der Waals surface area contributed by atoms with E-state index in [1.54, 1.807) is 37.6 Å². The van der Waals surface area contributed by atoms with Gasteiger partial charge in [0.1, 0.15) is 5.75 Å². The molecule has 0 aliphatic carbocycles. The number of rotatable bonds is 7. The maximum absolute atomic E-state index is 13.3. The van der Waals surface area contributed by atoms with E-state index in [1.165, 1.54) is 11.3 Å². The van der Waals surface area contributed by atoms with E-state index in [0.717, 1.165) is 27.3 Å². The average Bonchev–Trinajstić information content (AvgIpc) is 3.23. The number of ether oxygens (including phenoxy) is 1. The van der Waals surface area contributed by atoms with Gasteiger partial charge in [-0.3, -0.25) is 4.79 Å². The smallest absolute Gasteiger partial charge is 0.238 e. The molecule has 0 aliphatic heterocycles. The lowest BCUT2D eigenvalue weighted by Gasteiger charge is -2.17. The van der Waals surface area contributed by atoms with Gasteiger partial charge in [-0.1, -0.05) is 65.7 Å². The lowest BCUT2D eigenvalue weighted by Crippen LogP contribution is -2.22. The number of nitrogens with zero attached hydrogens (tertiary/aromatic N) is 1. The molecule has 1 N–H and O–H groups in total. The highest BCUT2D eigenvalue weighted by Gasteiger charge is 2.24. The van der Waals surface area contributed by atoms with Gasteiger partial charge in [-0.05, 0) is 47.0 Å². The second-order valence-electron chi connectivity index (χ2n) is 7.15. The third-order valence-corrected chi connectivity index (χ3v) is 6.43. The number of halogens is 2. The molecular weight excluding hydrogens is 463 g/mol. The van der Waals surface area contributed by atoms with Crippen molar-refractivity contribution in [2.45, 2.75) is 12.3 Å². The molecule has 0 bridgehead atoms. The Balaban J connectivity index is 1.56. The van der Waals surface area contributed by atoms with Gasteiger partial charge in [-0.25, -0.2) is 4.98 Å². The molecule has 3 aromatic carbocycles. The third kappa shape index (κ3) is 5.30. The van der Waals surface area contributed by atoms with Crippen LogP contribution in [-0.4, -0.2) is 18.0 Å². The fraction of sp³-hybridized carbons (Fsp3) is 0.120. The topological polar surface area (TPSA) is 51.2 Å². The molecule has 4 aromatic rings. The van der Waals surface area contributed by atoms with Crippen LogP contribution in [0.2, 0.25) is 10.0 Å². The van der Waals surface area contributed by atoms with Gasteiger partial charge in [-0.2, -0.15) is 0 Å². The number of benzene rings is 3. The van der Waals surface area contributed by atoms with Gasteiger partial charge in [0.2, 0.25) is 5.91 Å². The van der Waals surface area contributed by atoms with E-state index in [4.69, 9.17) is 27.9 Å². The van der Waals surface area contributed by atoms with Gasteiger partial charge >= 0.3 is 0 Å². The SMILES string of the molecule is COc1ccccc1Cc1cnc(NC(=O)C(c2ccc(Cl)cc2)c2ccc(Cl)cc2)s1. The third-order valence-electron chi connectivity index (χ3n) is 5.01. The number of para-hydroxylation sites is 1. The Labute approximate surface area is 200 Å². The summed E-state index contributed by atoms with van der Waals surface area (Å²) in [5.41, 5.74) is 2.73. The molecule has 4 nitrogen and oxygen atoms in total. The van der Waals surface area contributed by atoms with E-state index >= 15 is 0 Å². The van der Waals surface area contributed by atoms with E-state index in [-0.39, 0.29) is 5.91 Å². The lowest BCUT2D eigenvalue weighted by atomic mass is 9.90. The second-order valence-corrected chi connectivity index (χ2v) is 9.13. The summed E-state index contributed by atoms with van der Waals surface area (Å²) in [5.74, 6) is 0.135. The molecule has 1 aromatic heterocycles. The molecule has 1 heterocycles. The average molecular weight is 483 g/mol. The largest absolute Gasteiger partial charge is 0.496 e. The number of carbonyl (C=O) groups is 1. The van der Waals surface area contributed by atoms with E-state index < -0.39 is 5.92 Å². The molecule has 7 heteroatoms. The summed E-state index contributed by atoms with van der Waals surface area (Å²) >= 11 is 13.5. The molecule has 0 fully saturated rings. The van der Waals surface area contributed by atoms with Gasteiger partial charge < -0.3 is 10.1 Å². The Morgan fingerprint density at radius 1 is 0.969 bits per heavy atom. The first-order chi connectivity index (χ1) is 15.5. The molecule has 162 valence electrons. The van der Waals surface area contributed by atoms with Crippen molar-refractivity contribution >= 4 is 45.6 Å². The van der Waals surface area contributed by atoms with Gasteiger partial charge in [0.05, 0.1) is 13.0 Å². The van der Waals surface area contributed by atoms with E-state index in [1.807, 2.05) is 48.5 Å². The monoisotopic (exact) mass is 482 g/mol. The van der Waals surface area contributed by atoms with E-state index in [0.29, 0.717) is 21.6 Å². The predicted octanol–water partition coefficient (Wildman–Crippen LogP) is 6.82. The number of hydrogen-bond acceptors (Lipinski definition) is 4. The number of nitrogens with one attached hydrogen (secondary N) is 1. The quantitative estimate of drug-likeness (QED) is 0.314. The van der Waals surface area contributed by atoms with Crippen LogP contribution in [0.5, 0.6) is 5.75 Å². The number of carbonyl (C=O) groups excluding carboxylic acids is 1. The van der Waals surface area contributed by atoms with Gasteiger partial charge in [0.25, 0.3) is 0 Å². The molecule has 0 saturated heterocycles. The zero-order valence-electron chi connectivity index (χ0n) is 17.2. The first kappa shape index (κ1) is 22.3. The van der Waals surface area contributed by atoms with Crippen molar-refractivity contribution in [3.05, 3.63) is 111 Å². The van der Waals surface area contributed by atoms with E-state index in [2.05, 4.69) is 10.3 Å². The summed E-state index contributed by atoms with van der Waals surface area (Å²) < 4.78 is 5.43. The minimum Gasteiger partial charge on any atom is -0.496 e. The molecule has 0 aliphatic rings. The highest BCUT2D eigenvalue weighted by atomic mass is 35.5. The fourth-order valence-corrected chi connectivity index (χ4v) is 4.56. The molecule has 0 atom stereocenters. The van der Waals surface area contributed by atoms with Crippen LogP contribution in [0.1, 0.15) is 27.5 Å². The van der Waals surface area contributed by atoms with Crippen LogP contribution in [0.4, 0.5) is 5.13 Å². The predicted molar refractivity (Wildman–Crippen MR) is 131 cm³/mol. The summed E-state index contributed by atoms with van der Waals surface area (Å²) in [6, 6.07) is 22.4. The first-order valence-corrected chi connectivity index (χ1v) is 11.5. The Morgan fingerprint density at radius 2 is 1.56 bits per heavy atom. The molecule has 4 rings (SSSR count). The number of amides is 1. The number of thiazole rings is 1. The zero-order valence-corrected chi connectivity index (χ0v) is 19.5. The Hall–Kier alpha value is -2.86. The van der Waals surface area contributed by atoms with Crippen LogP contribution in [0.25, 0.3) is 0 Å². The highest BCUT2D eigenvalue weighted by Crippen LogP contribution is 2.30. The van der Waals surface area contributed by atoms with Crippen LogP contribution < -0.4 is 10.1 Å². The van der Waals surface area contributed by atoms with Crippen molar-refractivity contribution in [1.29, 1.82) is 0 Å². The number of anilines is 1. The van der Waals surface area contributed by atoms with Crippen molar-refractivity contribution in [3.63, 3.8) is 0 Å². The van der Waals surface area contributed by atoms with Crippen LogP contribution in [-0.2, 0) is 11.2 Å². The van der Waals surface area contributed by atoms with Crippen LogP contribution in [0.15, 0.2) is 79.0 Å². The van der Waals surface area contributed by atoms with Crippen LogP contribution in [0.3, 0.4) is 0 Å². The van der Waals surface area contributed by atoms with Crippen molar-refractivity contribution in [3.8, 4) is 5.75 Å². The van der Waals surface area contributed by atoms with Crippen LogP contribution >= 0.6 is 34.5 Å². The second kappa shape index (κ2) is 10.2. The number of aromatic nitrogens is 1. The fourth-order valence-electron chi connectivity index (χ4n) is 3.47. The molecule has 32 heavy (non-hydrogen) atoms. The summed E-state index contributed by atoms with van der Waals surface area (Å²) in [4.78, 5) is 18.8. The summed E-state index contributed by atoms with van der Waals surface area (Å²) in [6.45, 7) is 0. The summed E-state index contributed by atoms with van der Waals surface area (Å²) in [7, 11) is 1.66. The minimum absolute atomic E-state index is 0.173. The normalized spacial score (nSPS) is 10.9. The summed E-state index contributed by atoms with van der Waals surface area (Å²) in [6.07, 6.45) is 2.46. The molecule has 0 saturated carbocycles. The maximum atomic E-state index is 13.3. The van der Waals surface area contributed by atoms with Crippen molar-refractivity contribution in [2.24, 2.45) is 0 Å². The minimum atomic E-state index is -0.522.